The van der Waals surface area contributed by atoms with Crippen LogP contribution in [0.3, 0.4) is 0 Å². The number of aromatic nitrogens is 2. The lowest BCUT2D eigenvalue weighted by Gasteiger charge is -2.23. The van der Waals surface area contributed by atoms with E-state index in [0.717, 1.165) is 37.6 Å². The second-order valence-electron chi connectivity index (χ2n) is 4.29. The Labute approximate surface area is 114 Å². The summed E-state index contributed by atoms with van der Waals surface area (Å²) in [6, 6.07) is 1.80. The molecule has 0 saturated heterocycles. The van der Waals surface area contributed by atoms with E-state index in [9.17, 15) is 0 Å². The van der Waals surface area contributed by atoms with Crippen LogP contribution in [0.25, 0.3) is 0 Å². The zero-order chi connectivity index (χ0) is 14.1. The van der Waals surface area contributed by atoms with Crippen molar-refractivity contribution in [1.29, 1.82) is 0 Å². The normalized spacial score (nSPS) is 10.7. The number of nitrogen functional groups attached to an aromatic ring is 1. The average molecular weight is 268 g/mol. The Bertz CT molecular complexity index is 366. The summed E-state index contributed by atoms with van der Waals surface area (Å²) >= 11 is 0. The predicted octanol–water partition coefficient (Wildman–Crippen LogP) is 1.11. The number of anilines is 2. The maximum atomic E-state index is 5.84. The van der Waals surface area contributed by atoms with Crippen LogP contribution in [-0.2, 0) is 15.9 Å². The highest BCUT2D eigenvalue weighted by atomic mass is 16.5. The van der Waals surface area contributed by atoms with Crippen molar-refractivity contribution in [1.82, 2.24) is 9.97 Å². The number of nitrogens with zero attached hydrogens (tertiary/aromatic N) is 3. The number of hydrogen-bond acceptors (Lipinski definition) is 6. The smallest absolute Gasteiger partial charge is 0.134 e. The van der Waals surface area contributed by atoms with Crippen molar-refractivity contribution in [3.63, 3.8) is 0 Å². The SMILES string of the molecule is CCCc1nc(N)cc(N(CCOC)CCOC)n1. The summed E-state index contributed by atoms with van der Waals surface area (Å²) in [4.78, 5) is 10.9. The highest BCUT2D eigenvalue weighted by molar-refractivity contribution is 5.47. The zero-order valence-electron chi connectivity index (χ0n) is 12.1. The molecule has 1 rings (SSSR count). The number of nitrogens with two attached hydrogens (primary N) is 1. The minimum Gasteiger partial charge on any atom is -0.384 e. The molecule has 0 fully saturated rings. The third-order valence-corrected chi connectivity index (χ3v) is 2.71. The van der Waals surface area contributed by atoms with E-state index in [4.69, 9.17) is 15.2 Å². The highest BCUT2D eigenvalue weighted by Crippen LogP contribution is 2.14. The third kappa shape index (κ3) is 5.40. The van der Waals surface area contributed by atoms with Crippen LogP contribution in [0, 0.1) is 0 Å². The molecule has 19 heavy (non-hydrogen) atoms. The molecule has 1 heterocycles. The molecule has 0 bridgehead atoms. The second kappa shape index (κ2) is 8.66. The number of aryl methyl sites for hydroxylation is 1. The van der Waals surface area contributed by atoms with Crippen LogP contribution in [0.4, 0.5) is 11.6 Å². The quantitative estimate of drug-likeness (QED) is 0.723. The maximum absolute atomic E-state index is 5.84. The van der Waals surface area contributed by atoms with E-state index in [2.05, 4.69) is 21.8 Å². The van der Waals surface area contributed by atoms with Crippen LogP contribution in [0.15, 0.2) is 6.07 Å². The molecule has 1 aromatic rings. The second-order valence-corrected chi connectivity index (χ2v) is 4.29. The first-order valence-electron chi connectivity index (χ1n) is 6.57. The van der Waals surface area contributed by atoms with Crippen LogP contribution in [0.2, 0.25) is 0 Å². The minimum atomic E-state index is 0.508. The molecule has 0 radical (unpaired) electrons. The predicted molar refractivity (Wildman–Crippen MR) is 76.4 cm³/mol. The van der Waals surface area contributed by atoms with Gasteiger partial charge in [0, 0.05) is 39.8 Å². The van der Waals surface area contributed by atoms with E-state index in [0.29, 0.717) is 19.0 Å². The van der Waals surface area contributed by atoms with Crippen LogP contribution in [0.5, 0.6) is 0 Å². The topological polar surface area (TPSA) is 73.5 Å². The van der Waals surface area contributed by atoms with Crippen molar-refractivity contribution < 1.29 is 9.47 Å². The first-order chi connectivity index (χ1) is 9.21. The average Bonchev–Trinajstić information content (AvgIpc) is 2.38. The van der Waals surface area contributed by atoms with Gasteiger partial charge in [0.1, 0.15) is 17.5 Å². The minimum absolute atomic E-state index is 0.508. The molecule has 6 nitrogen and oxygen atoms in total. The fraction of sp³-hybridized carbons (Fsp3) is 0.692. The highest BCUT2D eigenvalue weighted by Gasteiger charge is 2.10. The van der Waals surface area contributed by atoms with Crippen LogP contribution < -0.4 is 10.6 Å². The first kappa shape index (κ1) is 15.7. The molecule has 0 aliphatic rings. The number of rotatable bonds is 9. The van der Waals surface area contributed by atoms with Crippen LogP contribution in [-0.4, -0.2) is 50.5 Å². The van der Waals surface area contributed by atoms with E-state index in [-0.39, 0.29) is 0 Å². The maximum Gasteiger partial charge on any atom is 0.134 e. The molecule has 0 aliphatic carbocycles. The van der Waals surface area contributed by atoms with Gasteiger partial charge in [-0.15, -0.1) is 0 Å². The van der Waals surface area contributed by atoms with Crippen LogP contribution >= 0.6 is 0 Å². The van der Waals surface area contributed by atoms with Crippen molar-refractivity contribution in [2.75, 3.05) is 51.2 Å². The fourth-order valence-electron chi connectivity index (χ4n) is 1.74. The summed E-state index contributed by atoms with van der Waals surface area (Å²) in [5, 5.41) is 0. The Morgan fingerprint density at radius 1 is 1.16 bits per heavy atom. The third-order valence-electron chi connectivity index (χ3n) is 2.71. The summed E-state index contributed by atoms with van der Waals surface area (Å²) < 4.78 is 10.2. The first-order valence-corrected chi connectivity index (χ1v) is 6.57. The van der Waals surface area contributed by atoms with Gasteiger partial charge in [0.05, 0.1) is 13.2 Å². The molecular weight excluding hydrogens is 244 g/mol. The zero-order valence-corrected chi connectivity index (χ0v) is 12.1. The molecule has 108 valence electrons. The van der Waals surface area contributed by atoms with Gasteiger partial charge in [0.15, 0.2) is 0 Å². The van der Waals surface area contributed by atoms with Gasteiger partial charge in [-0.25, -0.2) is 9.97 Å². The molecule has 0 aromatic carbocycles. The van der Waals surface area contributed by atoms with E-state index in [1.54, 1.807) is 20.3 Å². The Hall–Kier alpha value is -1.40. The van der Waals surface area contributed by atoms with Crippen molar-refractivity contribution in [3.8, 4) is 0 Å². The molecule has 2 N–H and O–H groups in total. The van der Waals surface area contributed by atoms with Gasteiger partial charge in [-0.1, -0.05) is 6.92 Å². The molecule has 0 aliphatic heterocycles. The Kier molecular flexibility index (Phi) is 7.14. The van der Waals surface area contributed by atoms with Crippen molar-refractivity contribution in [2.45, 2.75) is 19.8 Å². The van der Waals surface area contributed by atoms with Gasteiger partial charge in [0.2, 0.25) is 0 Å². The molecule has 0 unspecified atom stereocenters. The van der Waals surface area contributed by atoms with E-state index in [1.165, 1.54) is 0 Å². The lowest BCUT2D eigenvalue weighted by Crippen LogP contribution is -2.31. The molecular formula is C13H24N4O2. The largest absolute Gasteiger partial charge is 0.384 e. The molecule has 0 saturated carbocycles. The number of methoxy groups -OCH3 is 2. The number of hydrogen-bond donors (Lipinski definition) is 1. The van der Waals surface area contributed by atoms with Gasteiger partial charge in [-0.05, 0) is 6.42 Å². The lowest BCUT2D eigenvalue weighted by molar-refractivity contribution is 0.190. The standard InChI is InChI=1S/C13H24N4O2/c1-4-5-12-15-11(14)10-13(16-12)17(6-8-18-2)7-9-19-3/h10H,4-9H2,1-3H3,(H2,14,15,16). The molecule has 1 aromatic heterocycles. The van der Waals surface area contributed by atoms with E-state index in [1.807, 2.05) is 0 Å². The van der Waals surface area contributed by atoms with E-state index < -0.39 is 0 Å². The summed E-state index contributed by atoms with van der Waals surface area (Å²) in [5.41, 5.74) is 5.84. The van der Waals surface area contributed by atoms with Gasteiger partial charge in [-0.2, -0.15) is 0 Å². The Morgan fingerprint density at radius 3 is 2.32 bits per heavy atom. The monoisotopic (exact) mass is 268 g/mol. The van der Waals surface area contributed by atoms with E-state index >= 15 is 0 Å². The summed E-state index contributed by atoms with van der Waals surface area (Å²) in [7, 11) is 3.37. The molecule has 6 heteroatoms. The summed E-state index contributed by atoms with van der Waals surface area (Å²) in [6.45, 7) is 4.87. The fourth-order valence-corrected chi connectivity index (χ4v) is 1.74. The van der Waals surface area contributed by atoms with Crippen molar-refractivity contribution in [2.24, 2.45) is 0 Å². The summed E-state index contributed by atoms with van der Waals surface area (Å²) in [5.74, 6) is 2.13. The van der Waals surface area contributed by atoms with Crippen LogP contribution in [0.1, 0.15) is 19.2 Å². The Morgan fingerprint density at radius 2 is 1.79 bits per heavy atom. The lowest BCUT2D eigenvalue weighted by atomic mass is 10.3. The van der Waals surface area contributed by atoms with Crippen molar-refractivity contribution >= 4 is 11.6 Å². The van der Waals surface area contributed by atoms with Gasteiger partial charge in [-0.3, -0.25) is 0 Å². The van der Waals surface area contributed by atoms with Crippen molar-refractivity contribution in [3.05, 3.63) is 11.9 Å². The molecule has 0 spiro atoms. The number of ether oxygens (including phenoxy) is 2. The van der Waals surface area contributed by atoms with Gasteiger partial charge in [0.25, 0.3) is 0 Å². The Balaban J connectivity index is 2.85. The molecule has 0 amide bonds. The van der Waals surface area contributed by atoms with Gasteiger partial charge < -0.3 is 20.1 Å². The summed E-state index contributed by atoms with van der Waals surface area (Å²) in [6.07, 6.45) is 1.83. The van der Waals surface area contributed by atoms with Gasteiger partial charge >= 0.3 is 0 Å². The molecule has 0 atom stereocenters.